The van der Waals surface area contributed by atoms with Crippen molar-refractivity contribution in [1.82, 2.24) is 61.3 Å². The first-order chi connectivity index (χ1) is 61.7. The molecule has 8 saturated heterocycles. The largest absolute Gasteiger partial charge is 0.502 e. The van der Waals surface area contributed by atoms with Crippen molar-refractivity contribution in [3.63, 3.8) is 0 Å². The van der Waals surface area contributed by atoms with Crippen molar-refractivity contribution in [3.05, 3.63) is 132 Å². The van der Waals surface area contributed by atoms with Crippen molar-refractivity contribution in [3.8, 4) is 0 Å². The summed E-state index contributed by atoms with van der Waals surface area (Å²) in [6, 6.07) is 0. The number of hydrogen-bond donors (Lipinski definition) is 20. The van der Waals surface area contributed by atoms with Crippen LogP contribution in [0.4, 0.5) is 0 Å². The Morgan fingerprint density at radius 2 is 0.674 bits per heavy atom. The first-order valence-corrected chi connectivity index (χ1v) is 63.5. The molecule has 45 heteroatoms. The SMILES string of the molecule is C.C=C1NC(=O)C(/C=C/CN)=CN1[C@@H]1O[C@H](CCP(=C)(C)C)[C@@H](O)[C@H]1O.C=C1NC(=O)C(C)=CN1[C@@H]1O[C@H](CCP(=C)(C)C)[C@@H](O)[C@H]1O.C=C1NC(=O)C(C)CN1[C@@H]1O[C@H](CCP(=C)(C)C)[C@@H](O)[C@H]1O.C=C1NC(=O)C(I)=CN1[C@@H]1O[C@H](CCP(=C)(C)C)[C@@H](O)[C@H]1O.C=C1NC(=O)C(O)=CN1[C@@H]1O[C@H](CCP(=C)(C)C)[C@@H](O)[C@H]1O.C=C1NC(=O)CCN1[C@@H]1O[C@H](CCP(=C)(C)C)[C@@H](O)[C@H]1O. The highest BCUT2D eigenvalue weighted by atomic mass is 127. The number of carbonyl (C=O) groups is 6. The van der Waals surface area contributed by atoms with Crippen molar-refractivity contribution >= 4 is 137 Å². The number of nitrogens with two attached hydrogens (primary N) is 1. The summed E-state index contributed by atoms with van der Waals surface area (Å²) in [5.41, 5.74) is 6.29. The van der Waals surface area contributed by atoms with Gasteiger partial charge < -0.3 is 162 Å². The molecular weight excluding hydrogens is 1980 g/mol. The Kier molecular flexibility index (Phi) is 43.1. The van der Waals surface area contributed by atoms with E-state index in [1.54, 1.807) is 64.2 Å². The number of carbonyl (C=O) groups excluding carboxylic acids is 6. The molecule has 38 nitrogen and oxygen atoms in total. The molecule has 21 N–H and O–H groups in total. The number of hydrogen-bond acceptors (Lipinski definition) is 32. The summed E-state index contributed by atoms with van der Waals surface area (Å²) in [6.07, 6.45) is 23.7. The van der Waals surface area contributed by atoms with Crippen molar-refractivity contribution in [2.24, 2.45) is 11.7 Å². The van der Waals surface area contributed by atoms with Crippen LogP contribution in [-0.4, -0.2) is 453 Å². The molecule has 0 aliphatic carbocycles. The molecule has 12 rings (SSSR count). The molecular formula is C90H154IN13O25P6. The smallest absolute Gasteiger partial charge is 0.293 e. The molecule has 12 aliphatic heterocycles. The van der Waals surface area contributed by atoms with Crippen molar-refractivity contribution in [2.75, 3.05) is 137 Å². The summed E-state index contributed by atoms with van der Waals surface area (Å²) < 4.78 is 35.4. The lowest BCUT2D eigenvalue weighted by atomic mass is 10.1. The molecule has 25 atom stereocenters. The van der Waals surface area contributed by atoms with Gasteiger partial charge in [0, 0.05) is 50.2 Å². The highest BCUT2D eigenvalue weighted by molar-refractivity contribution is 14.1. The highest BCUT2D eigenvalue weighted by Gasteiger charge is 2.53. The van der Waals surface area contributed by atoms with Crippen LogP contribution in [0.2, 0.25) is 0 Å². The average molecular weight is 2130 g/mol. The number of aliphatic hydroxyl groups is 13. The van der Waals surface area contributed by atoms with Gasteiger partial charge in [-0.05, 0) is 185 Å². The Morgan fingerprint density at radius 1 is 0.393 bits per heavy atom. The second-order valence-corrected chi connectivity index (χ2v) is 66.7. The molecule has 0 aromatic rings. The van der Waals surface area contributed by atoms with Gasteiger partial charge in [-0.25, -0.2) is 0 Å². The minimum atomic E-state index is -1.26. The Labute approximate surface area is 810 Å². The minimum Gasteiger partial charge on any atom is -0.502 e. The molecule has 0 bridgehead atoms. The van der Waals surface area contributed by atoms with Gasteiger partial charge in [0.25, 0.3) is 23.6 Å². The summed E-state index contributed by atoms with van der Waals surface area (Å²) in [6.45, 7) is 45.2. The van der Waals surface area contributed by atoms with Gasteiger partial charge in [-0.3, -0.25) is 28.8 Å². The fraction of sp³-hybridized carbons (Fsp3) is 0.622. The lowest BCUT2D eigenvalue weighted by molar-refractivity contribution is -0.133. The van der Waals surface area contributed by atoms with E-state index in [2.05, 4.69) is 189 Å². The van der Waals surface area contributed by atoms with Gasteiger partial charge in [-0.1, -0.05) is 66.0 Å². The van der Waals surface area contributed by atoms with Gasteiger partial charge in [0.15, 0.2) is 43.1 Å². The number of amides is 6. The number of aliphatic hydroxyl groups excluding tert-OH is 13. The summed E-state index contributed by atoms with van der Waals surface area (Å²) in [5.74, 6) is -0.422. The maximum Gasteiger partial charge on any atom is 0.293 e. The third kappa shape index (κ3) is 33.5. The average Bonchev–Trinajstić information content (AvgIpc) is 1.68. The van der Waals surface area contributed by atoms with E-state index in [1.165, 1.54) is 9.80 Å². The quantitative estimate of drug-likeness (QED) is 0.0428. The molecule has 0 aromatic heterocycles. The number of nitrogens with one attached hydrogen (secondary N) is 6. The molecule has 0 radical (unpaired) electrons. The lowest BCUT2D eigenvalue weighted by Crippen LogP contribution is -2.54. The van der Waals surface area contributed by atoms with Crippen molar-refractivity contribution < 1.29 is 124 Å². The molecule has 12 heterocycles. The van der Waals surface area contributed by atoms with Crippen LogP contribution < -0.4 is 37.6 Å². The first-order valence-electron chi connectivity index (χ1n) is 44.1. The zero-order valence-corrected chi connectivity index (χ0v) is 87.3. The zero-order chi connectivity index (χ0) is 101. The Morgan fingerprint density at radius 3 is 1.01 bits per heavy atom. The normalized spacial score (nSPS) is 33.1. The van der Waals surface area contributed by atoms with Crippen LogP contribution in [0.1, 0.15) is 66.2 Å². The number of rotatable bonds is 26. The third-order valence-corrected chi connectivity index (χ3v) is 33.1. The second-order valence-electron chi connectivity index (χ2n) is 39.7. The van der Waals surface area contributed by atoms with E-state index >= 15 is 0 Å². The Bertz CT molecular complexity index is 4550. The molecule has 12 aliphatic rings. The van der Waals surface area contributed by atoms with Crippen LogP contribution in [0.25, 0.3) is 0 Å². The number of halogens is 1. The second kappa shape index (κ2) is 49.3. The zero-order valence-electron chi connectivity index (χ0n) is 79.7. The molecule has 8 fully saturated rings. The summed E-state index contributed by atoms with van der Waals surface area (Å²) in [5, 5.41) is 148. The van der Waals surface area contributed by atoms with Crippen LogP contribution in [0.5, 0.6) is 0 Å². The predicted octanol–water partition coefficient (Wildman–Crippen LogP) is 1.25. The fourth-order valence-electron chi connectivity index (χ4n) is 15.6. The molecule has 0 saturated carbocycles. The van der Waals surface area contributed by atoms with Gasteiger partial charge in [0.05, 0.1) is 57.9 Å². The number of nitrogens with zero attached hydrogens (tertiary/aromatic N) is 6. The van der Waals surface area contributed by atoms with Gasteiger partial charge >= 0.3 is 0 Å². The fourth-order valence-corrected chi connectivity index (χ4v) is 21.7. The molecule has 1 unspecified atom stereocenters. The topological polar surface area (TPSA) is 538 Å². The molecule has 766 valence electrons. The van der Waals surface area contributed by atoms with Crippen LogP contribution in [0.3, 0.4) is 0 Å². The van der Waals surface area contributed by atoms with Crippen LogP contribution in [0, 0.1) is 5.92 Å². The van der Waals surface area contributed by atoms with Crippen LogP contribution >= 0.6 is 63.9 Å². The van der Waals surface area contributed by atoms with E-state index < -0.39 is 200 Å². The Hall–Kier alpha value is -5.67. The van der Waals surface area contributed by atoms with Crippen molar-refractivity contribution in [2.45, 2.75) is 213 Å². The number of ether oxygens (including phenoxy) is 6. The standard InChI is InChI=1S/C17H28N3O4P.C15H27N2O4P.C15H25N2O4P.C14H22IN2O4P.C14H23N2O5P.C14H25N2O4P.CH4/c1-11-19-16(23)12(6-5-8-18)10-20(11)17-15(22)14(21)13(24-17)7-9-25(2,3)4;2*1-9-8-17(10(2)16-14(9)20)15-13(19)12(18)11(21-15)6-7-22(3,4)5;1-8-16-13(20)9(15)7-17(8)14-12(19)11(18)10(21-14)5-6-22(2,3)4;1-8-15-13(20)9(17)7-16(8)14-12(19)11(18)10(21-14)5-6-22(2,3)4;1-9-15-11(17)5-7-16(9)14-13(19)12(18)10(20-14)6-8-21(2,3)4;/h5-6,10,13-15,17,21-22H,1-2,7-9,18H2,3-4H3,(H,19,23);9,11-13,15,18-19H,2-3,6-8H2,1,4-5H3,(H,16,20);8,11-13,15,18-19H,2-3,6-7H2,1,4-5H3,(H,16,20);7,10-12,14,18-19H,1-2,5-6H2,3-4H3,(H,16,20);7,10-12,14,17-19H,1-2,5-6H2,3-4H3,(H,15,20);10,12-14,18-19H,1-2,5-8H2,3-4H3,(H,15,17);1H4/b6-5+;;;;;;/t13-,14-,15-,17-;9?,11-,12-,13-,15-;11-,12-,13-,15-;2*10-,11-,12-,14-;10-,12-,13-,14-;/m111111./s1. The van der Waals surface area contributed by atoms with Crippen LogP contribution in [0.15, 0.2) is 132 Å². The van der Waals surface area contributed by atoms with E-state index in [0.717, 1.165) is 43.2 Å². The minimum absolute atomic E-state index is 0. The monoisotopic (exact) mass is 2130 g/mol. The molecule has 0 spiro atoms. The van der Waals surface area contributed by atoms with Crippen LogP contribution in [-0.2, 0) is 57.2 Å². The first kappa shape index (κ1) is 118. The van der Waals surface area contributed by atoms with Crippen molar-refractivity contribution in [1.29, 1.82) is 0 Å². The highest BCUT2D eigenvalue weighted by Crippen LogP contribution is 2.46. The summed E-state index contributed by atoms with van der Waals surface area (Å²) >= 11 is 1.90. The van der Waals surface area contributed by atoms with E-state index in [0.29, 0.717) is 103 Å². The van der Waals surface area contributed by atoms with E-state index in [9.17, 15) is 95.2 Å². The third-order valence-electron chi connectivity index (χ3n) is 23.5. The molecule has 0 aromatic carbocycles. The summed E-state index contributed by atoms with van der Waals surface area (Å²) in [4.78, 5) is 78.8. The Balaban J connectivity index is 0.000000249. The predicted molar refractivity (Wildman–Crippen MR) is 554 cm³/mol. The van der Waals surface area contributed by atoms with Gasteiger partial charge in [0.2, 0.25) is 11.8 Å². The molecule has 6 amide bonds. The van der Waals surface area contributed by atoms with E-state index in [1.807, 2.05) is 22.6 Å². The molecule has 135 heavy (non-hydrogen) atoms. The summed E-state index contributed by atoms with van der Waals surface area (Å²) in [7, 11) is 0. The lowest BCUT2D eigenvalue weighted by Gasteiger charge is -2.39. The maximum atomic E-state index is 12.0. The van der Waals surface area contributed by atoms with Gasteiger partial charge in [-0.15, -0.1) is 79.1 Å². The van der Waals surface area contributed by atoms with Gasteiger partial charge in [0.1, 0.15) is 108 Å². The van der Waals surface area contributed by atoms with Gasteiger partial charge in [-0.2, -0.15) is 0 Å². The van der Waals surface area contributed by atoms with E-state index in [4.69, 9.17) is 34.2 Å². The van der Waals surface area contributed by atoms with E-state index in [-0.39, 0.29) is 54.5 Å². The maximum absolute atomic E-state index is 12.0.